The van der Waals surface area contributed by atoms with E-state index in [-0.39, 0.29) is 17.1 Å². The number of halogens is 5. The summed E-state index contributed by atoms with van der Waals surface area (Å²) in [5.74, 6) is -1.94. The van der Waals surface area contributed by atoms with Gasteiger partial charge in [-0.3, -0.25) is 14.6 Å². The number of hydrogen-bond acceptors (Lipinski definition) is 4. The van der Waals surface area contributed by atoms with Crippen LogP contribution in [0.15, 0.2) is 60.9 Å². The highest BCUT2D eigenvalue weighted by molar-refractivity contribution is 6.20. The first-order valence-electron chi connectivity index (χ1n) is 8.47. The van der Waals surface area contributed by atoms with Crippen LogP contribution in [0, 0.1) is 5.41 Å². The van der Waals surface area contributed by atoms with Crippen molar-refractivity contribution in [3.63, 3.8) is 0 Å². The van der Waals surface area contributed by atoms with Crippen LogP contribution in [0.1, 0.15) is 0 Å². The molecule has 2 aromatic rings. The summed E-state index contributed by atoms with van der Waals surface area (Å²) in [5, 5.41) is 2.31. The van der Waals surface area contributed by atoms with Crippen LogP contribution in [0.3, 0.4) is 0 Å². The minimum Gasteiger partial charge on any atom is -0.420 e. The number of rotatable bonds is 6. The van der Waals surface area contributed by atoms with Gasteiger partial charge in [0.25, 0.3) is 12.3 Å². The van der Waals surface area contributed by atoms with Gasteiger partial charge in [0.15, 0.2) is 0 Å². The maximum atomic E-state index is 14.0. The molecule has 30 heavy (non-hydrogen) atoms. The fourth-order valence-corrected chi connectivity index (χ4v) is 2.90. The molecular formula is C19H14ClF4N3O3. The van der Waals surface area contributed by atoms with Crippen LogP contribution in [0.2, 0.25) is 0 Å². The number of benzene rings is 1. The van der Waals surface area contributed by atoms with E-state index in [4.69, 9.17) is 0 Å². The fourth-order valence-electron chi connectivity index (χ4n) is 2.81. The number of carbonyl (C=O) groups is 2. The van der Waals surface area contributed by atoms with Crippen LogP contribution in [-0.2, 0) is 9.59 Å². The van der Waals surface area contributed by atoms with E-state index in [9.17, 15) is 27.2 Å². The molecule has 1 unspecified atom stereocenters. The molecule has 0 radical (unpaired) electrons. The second-order valence-corrected chi connectivity index (χ2v) is 6.78. The van der Waals surface area contributed by atoms with Crippen molar-refractivity contribution in [3.8, 4) is 5.75 Å². The molecule has 0 fully saturated rings. The summed E-state index contributed by atoms with van der Waals surface area (Å²) >= 11 is 4.67. The molecule has 1 aliphatic rings. The average Bonchev–Trinajstić information content (AvgIpc) is 2.69. The molecule has 158 valence electrons. The second kappa shape index (κ2) is 8.31. The van der Waals surface area contributed by atoms with E-state index in [0.29, 0.717) is 0 Å². The summed E-state index contributed by atoms with van der Waals surface area (Å²) in [6, 6.07) is 7.58. The molecule has 2 heterocycles. The Bertz CT molecular complexity index is 952. The van der Waals surface area contributed by atoms with Gasteiger partial charge in [0.2, 0.25) is 5.91 Å². The lowest BCUT2D eigenvalue weighted by molar-refractivity contribution is -0.131. The van der Waals surface area contributed by atoms with Gasteiger partial charge in [-0.15, -0.1) is 8.78 Å². The third-order valence-electron chi connectivity index (χ3n) is 4.32. The van der Waals surface area contributed by atoms with E-state index in [1.54, 1.807) is 0 Å². The first-order valence-corrected chi connectivity index (χ1v) is 8.85. The van der Waals surface area contributed by atoms with Gasteiger partial charge >= 0.3 is 5.57 Å². The van der Waals surface area contributed by atoms with Crippen molar-refractivity contribution in [3.05, 3.63) is 60.9 Å². The molecule has 2 amide bonds. The zero-order chi connectivity index (χ0) is 21.9. The smallest absolute Gasteiger partial charge is 0.420 e. The Morgan fingerprint density at radius 3 is 2.53 bits per heavy atom. The minimum atomic E-state index is -3.92. The number of carbonyl (C=O) groups excluding carboxylic acids is 2. The molecule has 1 atom stereocenters. The predicted octanol–water partition coefficient (Wildman–Crippen LogP) is 4.04. The van der Waals surface area contributed by atoms with Crippen molar-refractivity contribution >= 4 is 34.8 Å². The van der Waals surface area contributed by atoms with Crippen molar-refractivity contribution in [2.75, 3.05) is 16.8 Å². The maximum Gasteiger partial charge on any atom is 0.487 e. The highest BCUT2D eigenvalue weighted by Gasteiger charge is 2.49. The second-order valence-electron chi connectivity index (χ2n) is 6.34. The van der Waals surface area contributed by atoms with Crippen molar-refractivity contribution < 1.29 is 31.9 Å². The van der Waals surface area contributed by atoms with E-state index in [2.05, 4.69) is 26.6 Å². The number of hydrogen-bond donors (Lipinski definition) is 1. The lowest BCUT2D eigenvalue weighted by atomic mass is 9.83. The molecule has 11 heteroatoms. The molecule has 1 aliphatic heterocycles. The third-order valence-corrected chi connectivity index (χ3v) is 4.40. The molecule has 3 rings (SSSR count). The Hall–Kier alpha value is -3.14. The zero-order valence-corrected chi connectivity index (χ0v) is 15.8. The Morgan fingerprint density at radius 1 is 1.27 bits per heavy atom. The largest absolute Gasteiger partial charge is 0.487 e. The van der Waals surface area contributed by atoms with Gasteiger partial charge in [0, 0.05) is 36.1 Å². The molecule has 0 aliphatic carbocycles. The maximum absolute atomic E-state index is 14.0. The van der Waals surface area contributed by atoms with Crippen LogP contribution in [0.5, 0.6) is 5.75 Å². The van der Waals surface area contributed by atoms with Gasteiger partial charge in [-0.1, -0.05) is 6.08 Å². The van der Waals surface area contributed by atoms with Gasteiger partial charge in [-0.2, -0.15) is 0 Å². The summed E-state index contributed by atoms with van der Waals surface area (Å²) in [6.07, 6.45) is 1.40. The van der Waals surface area contributed by atoms with E-state index >= 15 is 0 Å². The van der Waals surface area contributed by atoms with Gasteiger partial charge in [-0.25, -0.2) is 8.78 Å². The molecular weight excluding hydrogens is 430 g/mol. The van der Waals surface area contributed by atoms with Crippen LogP contribution >= 0.6 is 11.6 Å². The van der Waals surface area contributed by atoms with E-state index in [1.807, 2.05) is 0 Å². The highest BCUT2D eigenvalue weighted by Crippen LogP contribution is 2.36. The highest BCUT2D eigenvalue weighted by atomic mass is 35.5. The van der Waals surface area contributed by atoms with Gasteiger partial charge in [0.05, 0.1) is 11.9 Å². The van der Waals surface area contributed by atoms with Crippen LogP contribution in [0.25, 0.3) is 0 Å². The summed E-state index contributed by atoms with van der Waals surface area (Å²) in [7, 11) is 0. The quantitative estimate of drug-likeness (QED) is 0.540. The van der Waals surface area contributed by atoms with Crippen molar-refractivity contribution in [1.29, 1.82) is 0 Å². The lowest BCUT2D eigenvalue weighted by Gasteiger charge is -2.37. The van der Waals surface area contributed by atoms with Crippen molar-refractivity contribution in [2.24, 2.45) is 5.41 Å². The summed E-state index contributed by atoms with van der Waals surface area (Å²) in [4.78, 5) is 29.8. The van der Waals surface area contributed by atoms with Crippen LogP contribution < -0.4 is 15.0 Å². The summed E-state index contributed by atoms with van der Waals surface area (Å²) in [6.45, 7) is -0.614. The molecule has 6 nitrogen and oxygen atoms in total. The van der Waals surface area contributed by atoms with Gasteiger partial charge < -0.3 is 15.0 Å². The Labute approximate surface area is 173 Å². The Balaban J connectivity index is 1.83. The van der Waals surface area contributed by atoms with Crippen LogP contribution in [-0.4, -0.2) is 35.3 Å². The first-order chi connectivity index (χ1) is 14.1. The molecule has 0 spiro atoms. The van der Waals surface area contributed by atoms with Gasteiger partial charge in [-0.05, 0) is 36.4 Å². The number of pyridine rings is 1. The van der Waals surface area contributed by atoms with E-state index in [1.165, 1.54) is 36.7 Å². The normalized spacial score (nSPS) is 19.1. The predicted molar refractivity (Wildman–Crippen MR) is 101 cm³/mol. The zero-order valence-electron chi connectivity index (χ0n) is 15.1. The first kappa shape index (κ1) is 21.6. The molecule has 1 aromatic heterocycles. The number of ether oxygens (including phenoxy) is 1. The molecule has 0 bridgehead atoms. The van der Waals surface area contributed by atoms with Crippen molar-refractivity contribution in [2.45, 2.75) is 12.0 Å². The number of anilines is 2. The third kappa shape index (κ3) is 4.70. The standard InChI is InChI=1S/C19H14ClF4N3O3/c20-19(23,24)30-14-5-3-12(4-6-14)26-17(29)18(16(21)22)8-7-15(28)27(11-18)13-2-1-9-25-10-13/h1-10,16H,11H2,(H,26,29). The summed E-state index contributed by atoms with van der Waals surface area (Å²) in [5.41, 5.74) is -5.93. The van der Waals surface area contributed by atoms with Gasteiger partial charge in [0.1, 0.15) is 11.2 Å². The number of aromatic nitrogens is 1. The van der Waals surface area contributed by atoms with E-state index in [0.717, 1.165) is 29.2 Å². The molecule has 1 N–H and O–H groups in total. The number of nitrogens with zero attached hydrogens (tertiary/aromatic N) is 2. The van der Waals surface area contributed by atoms with Crippen molar-refractivity contribution in [1.82, 2.24) is 4.98 Å². The monoisotopic (exact) mass is 443 g/mol. The molecule has 1 aromatic carbocycles. The topological polar surface area (TPSA) is 71.5 Å². The molecule has 0 saturated carbocycles. The minimum absolute atomic E-state index is 0.0588. The Morgan fingerprint density at radius 2 is 1.97 bits per heavy atom. The number of nitrogens with one attached hydrogen (secondary N) is 1. The fraction of sp³-hybridized carbons (Fsp3) is 0.211. The number of amides is 2. The van der Waals surface area contributed by atoms with E-state index < -0.39 is 35.8 Å². The average molecular weight is 444 g/mol. The Kier molecular flexibility index (Phi) is 5.97. The molecule has 0 saturated heterocycles. The van der Waals surface area contributed by atoms with Crippen LogP contribution in [0.4, 0.5) is 28.9 Å². The lowest BCUT2D eigenvalue weighted by Crippen LogP contribution is -2.53. The number of alkyl halides is 5. The SMILES string of the molecule is O=C1C=CC(C(=O)Nc2ccc(OC(F)(F)Cl)cc2)(C(F)F)CN1c1cccnc1. The summed E-state index contributed by atoms with van der Waals surface area (Å²) < 4.78 is 57.5.